The van der Waals surface area contributed by atoms with Crippen molar-refractivity contribution in [2.24, 2.45) is 0 Å². The van der Waals surface area contributed by atoms with Gasteiger partial charge in [0.1, 0.15) is 0 Å². The average Bonchev–Trinajstić information content (AvgIpc) is 2.41. The highest BCUT2D eigenvalue weighted by Gasteiger charge is 2.31. The lowest BCUT2D eigenvalue weighted by atomic mass is 10.1. The van der Waals surface area contributed by atoms with Crippen molar-refractivity contribution < 1.29 is 8.42 Å². The highest BCUT2D eigenvalue weighted by molar-refractivity contribution is 7.88. The maximum atomic E-state index is 12.5. The second kappa shape index (κ2) is 6.11. The van der Waals surface area contributed by atoms with E-state index in [-0.39, 0.29) is 5.75 Å². The predicted octanol–water partition coefficient (Wildman–Crippen LogP) is 1.12. The Kier molecular flexibility index (Phi) is 4.67. The van der Waals surface area contributed by atoms with Crippen molar-refractivity contribution in [2.75, 3.05) is 32.4 Å². The van der Waals surface area contributed by atoms with Gasteiger partial charge in [-0.1, -0.05) is 25.1 Å². The van der Waals surface area contributed by atoms with E-state index in [2.05, 4.69) is 11.8 Å². The molecule has 1 unspecified atom stereocenters. The molecule has 0 saturated carbocycles. The van der Waals surface area contributed by atoms with E-state index < -0.39 is 10.0 Å². The molecule has 1 saturated heterocycles. The van der Waals surface area contributed by atoms with E-state index in [1.165, 1.54) is 0 Å². The van der Waals surface area contributed by atoms with Crippen LogP contribution in [0.25, 0.3) is 0 Å². The van der Waals surface area contributed by atoms with Crippen LogP contribution in [0.5, 0.6) is 0 Å². The SMILES string of the molecule is CCC1CN(S(=O)(=O)Cc2ccccc2N)CCN1C. The van der Waals surface area contributed by atoms with Crippen molar-refractivity contribution >= 4 is 15.7 Å². The standard InChI is InChI=1S/C14H23N3O2S/c1-3-13-10-17(9-8-16(13)2)20(18,19)11-12-6-4-5-7-14(12)15/h4-7,13H,3,8-11,15H2,1-2H3. The Morgan fingerprint density at radius 1 is 1.30 bits per heavy atom. The number of likely N-dealkylation sites (N-methyl/N-ethyl adjacent to an activating group) is 1. The third-order valence-corrected chi connectivity index (χ3v) is 5.79. The van der Waals surface area contributed by atoms with Gasteiger partial charge in [0.05, 0.1) is 5.75 Å². The minimum absolute atomic E-state index is 0.0141. The van der Waals surface area contributed by atoms with Gasteiger partial charge in [-0.05, 0) is 25.1 Å². The van der Waals surface area contributed by atoms with E-state index in [1.807, 2.05) is 19.2 Å². The van der Waals surface area contributed by atoms with Gasteiger partial charge in [0.2, 0.25) is 10.0 Å². The Balaban J connectivity index is 2.13. The van der Waals surface area contributed by atoms with Crippen molar-refractivity contribution in [3.63, 3.8) is 0 Å². The van der Waals surface area contributed by atoms with Gasteiger partial charge >= 0.3 is 0 Å². The summed E-state index contributed by atoms with van der Waals surface area (Å²) >= 11 is 0. The fraction of sp³-hybridized carbons (Fsp3) is 0.571. The van der Waals surface area contributed by atoms with E-state index in [4.69, 9.17) is 5.73 Å². The fourth-order valence-electron chi connectivity index (χ4n) is 2.56. The molecule has 1 aliphatic heterocycles. The molecule has 6 heteroatoms. The second-order valence-corrected chi connectivity index (χ2v) is 7.32. The molecule has 0 aliphatic carbocycles. The molecule has 5 nitrogen and oxygen atoms in total. The van der Waals surface area contributed by atoms with Crippen LogP contribution in [0.2, 0.25) is 0 Å². The Hall–Kier alpha value is -1.11. The zero-order chi connectivity index (χ0) is 14.8. The topological polar surface area (TPSA) is 66.6 Å². The number of sulfonamides is 1. The molecule has 1 atom stereocenters. The highest BCUT2D eigenvalue weighted by Crippen LogP contribution is 2.20. The van der Waals surface area contributed by atoms with Gasteiger partial charge in [0.15, 0.2) is 0 Å². The number of hydrogen-bond donors (Lipinski definition) is 1. The number of piperazine rings is 1. The molecular weight excluding hydrogens is 274 g/mol. The minimum atomic E-state index is -3.30. The monoisotopic (exact) mass is 297 g/mol. The molecule has 0 spiro atoms. The number of rotatable bonds is 4. The summed E-state index contributed by atoms with van der Waals surface area (Å²) in [5.41, 5.74) is 7.06. The maximum Gasteiger partial charge on any atom is 0.218 e. The molecule has 1 aromatic carbocycles. The number of nitrogens with zero attached hydrogens (tertiary/aromatic N) is 2. The normalized spacial score (nSPS) is 22.0. The summed E-state index contributed by atoms with van der Waals surface area (Å²) in [6.45, 7) is 4.00. The predicted molar refractivity (Wildman–Crippen MR) is 81.8 cm³/mol. The number of benzene rings is 1. The first-order valence-electron chi connectivity index (χ1n) is 6.95. The van der Waals surface area contributed by atoms with Crippen LogP contribution in [-0.4, -0.2) is 50.3 Å². The Morgan fingerprint density at radius 3 is 2.65 bits per heavy atom. The Bertz CT molecular complexity index is 559. The fourth-order valence-corrected chi connectivity index (χ4v) is 4.16. The van der Waals surface area contributed by atoms with Crippen LogP contribution in [0.3, 0.4) is 0 Å². The highest BCUT2D eigenvalue weighted by atomic mass is 32.2. The summed E-state index contributed by atoms with van der Waals surface area (Å²) in [6, 6.07) is 7.45. The van der Waals surface area contributed by atoms with Gasteiger partial charge < -0.3 is 10.6 Å². The first-order chi connectivity index (χ1) is 9.44. The molecule has 2 rings (SSSR count). The van der Waals surface area contributed by atoms with E-state index in [0.717, 1.165) is 13.0 Å². The summed E-state index contributed by atoms with van der Waals surface area (Å²) in [4.78, 5) is 2.23. The molecule has 1 aromatic rings. The van der Waals surface area contributed by atoms with Crippen LogP contribution in [0.15, 0.2) is 24.3 Å². The van der Waals surface area contributed by atoms with E-state index in [1.54, 1.807) is 16.4 Å². The lowest BCUT2D eigenvalue weighted by Crippen LogP contribution is -2.53. The van der Waals surface area contributed by atoms with Gasteiger partial charge in [-0.15, -0.1) is 0 Å². The van der Waals surface area contributed by atoms with E-state index in [9.17, 15) is 8.42 Å². The minimum Gasteiger partial charge on any atom is -0.398 e. The summed E-state index contributed by atoms with van der Waals surface area (Å²) in [6.07, 6.45) is 0.954. The third kappa shape index (κ3) is 3.31. The van der Waals surface area contributed by atoms with E-state index >= 15 is 0 Å². The lowest BCUT2D eigenvalue weighted by Gasteiger charge is -2.38. The molecule has 20 heavy (non-hydrogen) atoms. The van der Waals surface area contributed by atoms with Crippen molar-refractivity contribution in [1.29, 1.82) is 0 Å². The number of nitrogen functional groups attached to an aromatic ring is 1. The molecule has 112 valence electrons. The number of anilines is 1. The van der Waals surface area contributed by atoms with Crippen LogP contribution in [0, 0.1) is 0 Å². The summed E-state index contributed by atoms with van der Waals surface area (Å²) in [5, 5.41) is 0. The Labute approximate surface area is 121 Å². The molecule has 0 radical (unpaired) electrons. The molecule has 0 bridgehead atoms. The van der Waals surface area contributed by atoms with Crippen LogP contribution in [0.4, 0.5) is 5.69 Å². The van der Waals surface area contributed by atoms with Crippen LogP contribution in [0.1, 0.15) is 18.9 Å². The summed E-state index contributed by atoms with van der Waals surface area (Å²) in [7, 11) is -1.25. The van der Waals surface area contributed by atoms with Gasteiger partial charge in [-0.3, -0.25) is 0 Å². The molecule has 1 fully saturated rings. The van der Waals surface area contributed by atoms with Crippen LogP contribution >= 0.6 is 0 Å². The molecule has 1 heterocycles. The molecular formula is C14H23N3O2S. The number of nitrogens with two attached hydrogens (primary N) is 1. The first kappa shape index (κ1) is 15.3. The van der Waals surface area contributed by atoms with Crippen molar-refractivity contribution in [3.8, 4) is 0 Å². The van der Waals surface area contributed by atoms with Gasteiger partial charge in [-0.2, -0.15) is 4.31 Å². The van der Waals surface area contributed by atoms with Gasteiger partial charge in [0, 0.05) is 31.4 Å². The second-order valence-electron chi connectivity index (χ2n) is 5.36. The lowest BCUT2D eigenvalue weighted by molar-refractivity contribution is 0.144. The van der Waals surface area contributed by atoms with Crippen molar-refractivity contribution in [1.82, 2.24) is 9.21 Å². The molecule has 2 N–H and O–H groups in total. The zero-order valence-electron chi connectivity index (χ0n) is 12.1. The third-order valence-electron chi connectivity index (χ3n) is 4.00. The van der Waals surface area contributed by atoms with E-state index in [0.29, 0.717) is 30.4 Å². The van der Waals surface area contributed by atoms with Crippen LogP contribution in [-0.2, 0) is 15.8 Å². The zero-order valence-corrected chi connectivity index (χ0v) is 12.9. The summed E-state index contributed by atoms with van der Waals surface area (Å²) in [5.74, 6) is -0.0141. The first-order valence-corrected chi connectivity index (χ1v) is 8.56. The van der Waals surface area contributed by atoms with Gasteiger partial charge in [0.25, 0.3) is 0 Å². The van der Waals surface area contributed by atoms with Crippen LogP contribution < -0.4 is 5.73 Å². The summed E-state index contributed by atoms with van der Waals surface area (Å²) < 4.78 is 26.7. The molecule has 0 amide bonds. The average molecular weight is 297 g/mol. The van der Waals surface area contributed by atoms with Crippen molar-refractivity contribution in [3.05, 3.63) is 29.8 Å². The molecule has 1 aliphatic rings. The molecule has 0 aromatic heterocycles. The smallest absolute Gasteiger partial charge is 0.218 e. The largest absolute Gasteiger partial charge is 0.398 e. The van der Waals surface area contributed by atoms with Crippen molar-refractivity contribution in [2.45, 2.75) is 25.1 Å². The number of para-hydroxylation sites is 1. The maximum absolute atomic E-state index is 12.5. The Morgan fingerprint density at radius 2 is 2.00 bits per heavy atom. The number of hydrogen-bond acceptors (Lipinski definition) is 4. The van der Waals surface area contributed by atoms with Gasteiger partial charge in [-0.25, -0.2) is 8.42 Å². The quantitative estimate of drug-likeness (QED) is 0.846.